The lowest BCUT2D eigenvalue weighted by atomic mass is 10.0. The SMILES string of the molecule is Cc1ccc(N)cc1-c1nnnn1C(C)(C)C. The highest BCUT2D eigenvalue weighted by Gasteiger charge is 2.21. The van der Waals surface area contributed by atoms with Gasteiger partial charge >= 0.3 is 0 Å². The lowest BCUT2D eigenvalue weighted by molar-refractivity contribution is 0.351. The summed E-state index contributed by atoms with van der Waals surface area (Å²) in [6.45, 7) is 8.22. The van der Waals surface area contributed by atoms with Crippen LogP contribution < -0.4 is 5.73 Å². The third-order valence-electron chi connectivity index (χ3n) is 2.61. The summed E-state index contributed by atoms with van der Waals surface area (Å²) in [6, 6.07) is 5.76. The van der Waals surface area contributed by atoms with Gasteiger partial charge < -0.3 is 5.73 Å². The van der Waals surface area contributed by atoms with Crippen LogP contribution in [0.5, 0.6) is 0 Å². The fraction of sp³-hybridized carbons (Fsp3) is 0.417. The van der Waals surface area contributed by atoms with E-state index in [-0.39, 0.29) is 5.54 Å². The van der Waals surface area contributed by atoms with Crippen molar-refractivity contribution in [1.29, 1.82) is 0 Å². The van der Waals surface area contributed by atoms with E-state index < -0.39 is 0 Å². The first-order valence-corrected chi connectivity index (χ1v) is 5.55. The normalized spacial score (nSPS) is 11.8. The zero-order valence-corrected chi connectivity index (χ0v) is 10.6. The minimum atomic E-state index is -0.157. The van der Waals surface area contributed by atoms with Gasteiger partial charge in [0, 0.05) is 11.3 Å². The number of nitrogen functional groups attached to an aromatic ring is 1. The van der Waals surface area contributed by atoms with Crippen molar-refractivity contribution < 1.29 is 0 Å². The van der Waals surface area contributed by atoms with Crippen molar-refractivity contribution in [1.82, 2.24) is 20.2 Å². The molecule has 0 amide bonds. The van der Waals surface area contributed by atoms with Crippen molar-refractivity contribution in [2.24, 2.45) is 0 Å². The molecule has 1 heterocycles. The van der Waals surface area contributed by atoms with Crippen LogP contribution >= 0.6 is 0 Å². The van der Waals surface area contributed by atoms with E-state index in [2.05, 4.69) is 36.3 Å². The van der Waals surface area contributed by atoms with Crippen molar-refractivity contribution >= 4 is 5.69 Å². The van der Waals surface area contributed by atoms with Gasteiger partial charge in [-0.15, -0.1) is 5.10 Å². The summed E-state index contributed by atoms with van der Waals surface area (Å²) in [6.07, 6.45) is 0. The number of aryl methyl sites for hydroxylation is 1. The molecule has 0 saturated heterocycles. The largest absolute Gasteiger partial charge is 0.399 e. The summed E-state index contributed by atoms with van der Waals surface area (Å²) in [5, 5.41) is 11.9. The molecule has 2 aromatic rings. The average molecular weight is 231 g/mol. The second-order valence-electron chi connectivity index (χ2n) is 5.16. The summed E-state index contributed by atoms with van der Waals surface area (Å²) < 4.78 is 1.81. The first kappa shape index (κ1) is 11.6. The fourth-order valence-electron chi connectivity index (χ4n) is 1.69. The van der Waals surface area contributed by atoms with E-state index >= 15 is 0 Å². The number of rotatable bonds is 1. The Morgan fingerprint density at radius 3 is 2.59 bits per heavy atom. The molecule has 5 heteroatoms. The molecule has 0 aliphatic carbocycles. The summed E-state index contributed by atoms with van der Waals surface area (Å²) in [5.74, 6) is 0.752. The predicted octanol–water partition coefficient (Wildman–Crippen LogP) is 1.99. The lowest BCUT2D eigenvalue weighted by Crippen LogP contribution is -2.24. The molecule has 1 aromatic carbocycles. The molecule has 1 aromatic heterocycles. The van der Waals surface area contributed by atoms with Gasteiger partial charge in [-0.05, 0) is 55.8 Å². The van der Waals surface area contributed by atoms with Crippen LogP contribution in [0.25, 0.3) is 11.4 Å². The van der Waals surface area contributed by atoms with E-state index in [4.69, 9.17) is 5.73 Å². The number of nitrogens with zero attached hydrogens (tertiary/aromatic N) is 4. The van der Waals surface area contributed by atoms with Crippen molar-refractivity contribution in [2.45, 2.75) is 33.2 Å². The minimum absolute atomic E-state index is 0.157. The van der Waals surface area contributed by atoms with Crippen molar-refractivity contribution in [3.63, 3.8) is 0 Å². The molecule has 0 fully saturated rings. The van der Waals surface area contributed by atoms with Crippen LogP contribution in [0, 0.1) is 6.92 Å². The molecule has 2 rings (SSSR count). The van der Waals surface area contributed by atoms with Crippen molar-refractivity contribution in [3.8, 4) is 11.4 Å². The van der Waals surface area contributed by atoms with E-state index in [1.54, 1.807) is 0 Å². The van der Waals surface area contributed by atoms with Crippen LogP contribution in [0.3, 0.4) is 0 Å². The standard InChI is InChI=1S/C12H17N5/c1-8-5-6-9(13)7-10(8)11-14-15-16-17(11)12(2,3)4/h5-7H,13H2,1-4H3. The quantitative estimate of drug-likeness (QED) is 0.762. The Bertz CT molecular complexity index is 536. The predicted molar refractivity (Wildman–Crippen MR) is 67.4 cm³/mol. The molecule has 0 bridgehead atoms. The van der Waals surface area contributed by atoms with E-state index in [0.717, 1.165) is 17.0 Å². The number of benzene rings is 1. The van der Waals surface area contributed by atoms with Crippen LogP contribution in [0.4, 0.5) is 5.69 Å². The van der Waals surface area contributed by atoms with Crippen LogP contribution in [-0.2, 0) is 5.54 Å². The van der Waals surface area contributed by atoms with Crippen LogP contribution in [0.2, 0.25) is 0 Å². The molecule has 0 aliphatic rings. The highest BCUT2D eigenvalue weighted by atomic mass is 15.6. The van der Waals surface area contributed by atoms with Crippen LogP contribution in [-0.4, -0.2) is 20.2 Å². The van der Waals surface area contributed by atoms with E-state index in [1.807, 2.05) is 29.8 Å². The Kier molecular flexibility index (Phi) is 2.61. The third kappa shape index (κ3) is 2.13. The van der Waals surface area contributed by atoms with Gasteiger partial charge in [-0.1, -0.05) is 6.07 Å². The monoisotopic (exact) mass is 231 g/mol. The van der Waals surface area contributed by atoms with Crippen LogP contribution in [0.15, 0.2) is 18.2 Å². The van der Waals surface area contributed by atoms with Gasteiger partial charge in [0.2, 0.25) is 0 Å². The summed E-state index contributed by atoms with van der Waals surface area (Å²) in [7, 11) is 0. The molecule has 2 N–H and O–H groups in total. The maximum Gasteiger partial charge on any atom is 0.182 e. The fourth-order valence-corrected chi connectivity index (χ4v) is 1.69. The highest BCUT2D eigenvalue weighted by molar-refractivity contribution is 5.65. The molecule has 0 spiro atoms. The van der Waals surface area contributed by atoms with E-state index in [1.165, 1.54) is 0 Å². The number of nitrogens with two attached hydrogens (primary N) is 1. The van der Waals surface area contributed by atoms with E-state index in [0.29, 0.717) is 5.69 Å². The van der Waals surface area contributed by atoms with Crippen molar-refractivity contribution in [3.05, 3.63) is 23.8 Å². The molecular weight excluding hydrogens is 214 g/mol. The summed E-state index contributed by atoms with van der Waals surface area (Å²) >= 11 is 0. The maximum atomic E-state index is 5.81. The van der Waals surface area contributed by atoms with Crippen molar-refractivity contribution in [2.75, 3.05) is 5.73 Å². The average Bonchev–Trinajstić information content (AvgIpc) is 2.69. The molecule has 0 aliphatic heterocycles. The molecule has 0 atom stereocenters. The Morgan fingerprint density at radius 1 is 1.24 bits per heavy atom. The Hall–Kier alpha value is -1.91. The summed E-state index contributed by atoms with van der Waals surface area (Å²) in [4.78, 5) is 0. The first-order valence-electron chi connectivity index (χ1n) is 5.55. The Balaban J connectivity index is 2.61. The molecule has 17 heavy (non-hydrogen) atoms. The molecule has 5 nitrogen and oxygen atoms in total. The smallest absolute Gasteiger partial charge is 0.182 e. The highest BCUT2D eigenvalue weighted by Crippen LogP contribution is 2.26. The molecule has 0 radical (unpaired) electrons. The minimum Gasteiger partial charge on any atom is -0.399 e. The maximum absolute atomic E-state index is 5.81. The number of hydrogen-bond acceptors (Lipinski definition) is 4. The topological polar surface area (TPSA) is 69.6 Å². The van der Waals surface area contributed by atoms with Gasteiger partial charge in [-0.2, -0.15) is 0 Å². The van der Waals surface area contributed by atoms with Gasteiger partial charge in [0.05, 0.1) is 5.54 Å². The summed E-state index contributed by atoms with van der Waals surface area (Å²) in [5.41, 5.74) is 8.46. The molecule has 90 valence electrons. The second kappa shape index (κ2) is 3.84. The zero-order valence-electron chi connectivity index (χ0n) is 10.6. The number of anilines is 1. The molecule has 0 saturated carbocycles. The van der Waals surface area contributed by atoms with Gasteiger partial charge in [0.15, 0.2) is 5.82 Å². The zero-order chi connectivity index (χ0) is 12.6. The second-order valence-corrected chi connectivity index (χ2v) is 5.16. The van der Waals surface area contributed by atoms with Crippen LogP contribution in [0.1, 0.15) is 26.3 Å². The number of hydrogen-bond donors (Lipinski definition) is 1. The van der Waals surface area contributed by atoms with Gasteiger partial charge in [-0.3, -0.25) is 0 Å². The Labute approximate surface area is 101 Å². The molecular formula is C12H17N5. The van der Waals surface area contributed by atoms with Gasteiger partial charge in [0.25, 0.3) is 0 Å². The Morgan fingerprint density at radius 2 is 1.94 bits per heavy atom. The third-order valence-corrected chi connectivity index (χ3v) is 2.61. The number of tetrazole rings is 1. The van der Waals surface area contributed by atoms with Gasteiger partial charge in [-0.25, -0.2) is 4.68 Å². The van der Waals surface area contributed by atoms with Gasteiger partial charge in [0.1, 0.15) is 0 Å². The van der Waals surface area contributed by atoms with E-state index in [9.17, 15) is 0 Å². The molecule has 0 unspecified atom stereocenters. The lowest BCUT2D eigenvalue weighted by Gasteiger charge is -2.20. The number of aromatic nitrogens is 4. The first-order chi connectivity index (χ1) is 7.89.